The summed E-state index contributed by atoms with van der Waals surface area (Å²) in [7, 11) is 0. The quantitative estimate of drug-likeness (QED) is 0.183. The van der Waals surface area contributed by atoms with Gasteiger partial charge in [0.15, 0.2) is 0 Å². The molecular formula is C24H22Cl4O10. The molecule has 38 heavy (non-hydrogen) atoms. The van der Waals surface area contributed by atoms with Gasteiger partial charge in [0.2, 0.25) is 0 Å². The first-order valence-electron chi connectivity index (χ1n) is 11.7. The van der Waals surface area contributed by atoms with Gasteiger partial charge in [-0.05, 0) is 25.7 Å². The summed E-state index contributed by atoms with van der Waals surface area (Å²) in [5, 5.41) is 16.7. The minimum Gasteiger partial charge on any atom is -0.481 e. The Hall–Kier alpha value is -2.40. The van der Waals surface area contributed by atoms with E-state index < -0.39 is 90.7 Å². The van der Waals surface area contributed by atoms with E-state index in [1.807, 2.05) is 0 Å². The van der Waals surface area contributed by atoms with Crippen LogP contribution in [0.25, 0.3) is 0 Å². The Morgan fingerprint density at radius 3 is 1.11 bits per heavy atom. The number of halogens is 4. The van der Waals surface area contributed by atoms with Crippen LogP contribution in [-0.2, 0) is 28.7 Å². The maximum absolute atomic E-state index is 13.1. The number of carbonyl (C=O) groups excluding carboxylic acids is 4. The van der Waals surface area contributed by atoms with Gasteiger partial charge in [-0.25, -0.2) is 9.59 Å². The van der Waals surface area contributed by atoms with Crippen LogP contribution in [0.3, 0.4) is 0 Å². The Balaban J connectivity index is 1.93. The van der Waals surface area contributed by atoms with Crippen LogP contribution < -0.4 is 0 Å². The summed E-state index contributed by atoms with van der Waals surface area (Å²) in [6, 6.07) is 0. The molecule has 10 nitrogen and oxygen atoms in total. The number of rotatable bonds is 6. The van der Waals surface area contributed by atoms with Crippen molar-refractivity contribution in [3.63, 3.8) is 0 Å². The van der Waals surface area contributed by atoms with E-state index in [0.29, 0.717) is 25.7 Å². The monoisotopic (exact) mass is 610 g/mol. The summed E-state index contributed by atoms with van der Waals surface area (Å²) >= 11 is 24.4. The minimum atomic E-state index is -1.49. The minimum absolute atomic E-state index is 0.161. The fourth-order valence-electron chi connectivity index (χ4n) is 4.87. The Labute approximate surface area is 236 Å². The predicted molar refractivity (Wildman–Crippen MR) is 133 cm³/mol. The van der Waals surface area contributed by atoms with Crippen LogP contribution in [0.4, 0.5) is 0 Å². The molecule has 0 radical (unpaired) electrons. The SMILES string of the molecule is O=C(OC(=O)C1CCCCC1C(=O)O)c1c(Cl)c(Cl)c(Cl)c(Cl)c1C(=O)OC(=O)C1CCCCC1C(=O)O. The molecule has 4 unspecified atom stereocenters. The molecule has 4 atom stereocenters. The van der Waals surface area contributed by atoms with Gasteiger partial charge in [0.05, 0.1) is 54.9 Å². The van der Waals surface area contributed by atoms with Crippen molar-refractivity contribution in [2.75, 3.05) is 0 Å². The third-order valence-electron chi connectivity index (χ3n) is 6.83. The normalized spacial score (nSPS) is 23.3. The van der Waals surface area contributed by atoms with Crippen molar-refractivity contribution in [1.82, 2.24) is 0 Å². The number of carboxylic acids is 2. The molecule has 0 heterocycles. The summed E-state index contributed by atoms with van der Waals surface area (Å²) in [6.45, 7) is 0. The van der Waals surface area contributed by atoms with E-state index in [4.69, 9.17) is 55.9 Å². The highest BCUT2D eigenvalue weighted by Gasteiger charge is 2.41. The van der Waals surface area contributed by atoms with Crippen molar-refractivity contribution in [2.24, 2.45) is 23.7 Å². The van der Waals surface area contributed by atoms with Crippen LogP contribution in [0.15, 0.2) is 0 Å². The van der Waals surface area contributed by atoms with Gasteiger partial charge in [-0.3, -0.25) is 19.2 Å². The predicted octanol–water partition coefficient (Wildman–Crippen LogP) is 5.45. The number of carboxylic acid groups (broad SMARTS) is 2. The van der Waals surface area contributed by atoms with E-state index in [0.717, 1.165) is 0 Å². The summed E-state index contributed by atoms with van der Waals surface area (Å²) in [4.78, 5) is 74.7. The van der Waals surface area contributed by atoms with E-state index in [1.54, 1.807) is 0 Å². The van der Waals surface area contributed by atoms with Crippen molar-refractivity contribution < 1.29 is 48.5 Å². The topological polar surface area (TPSA) is 161 Å². The zero-order valence-corrected chi connectivity index (χ0v) is 22.7. The molecule has 1 aromatic rings. The van der Waals surface area contributed by atoms with Crippen LogP contribution in [0.2, 0.25) is 20.1 Å². The maximum atomic E-state index is 13.1. The highest BCUT2D eigenvalue weighted by Crippen LogP contribution is 2.43. The van der Waals surface area contributed by atoms with Gasteiger partial charge in [0, 0.05) is 0 Å². The first-order chi connectivity index (χ1) is 17.9. The van der Waals surface area contributed by atoms with E-state index in [1.165, 1.54) is 0 Å². The van der Waals surface area contributed by atoms with Crippen LogP contribution in [0, 0.1) is 23.7 Å². The zero-order chi connectivity index (χ0) is 28.3. The molecule has 0 bridgehead atoms. The average molecular weight is 612 g/mol. The third-order valence-corrected chi connectivity index (χ3v) is 8.64. The molecule has 0 spiro atoms. The molecule has 0 aliphatic heterocycles. The van der Waals surface area contributed by atoms with E-state index in [2.05, 4.69) is 0 Å². The molecule has 2 aliphatic carbocycles. The number of ether oxygens (including phenoxy) is 2. The first kappa shape index (κ1) is 30.1. The van der Waals surface area contributed by atoms with Crippen LogP contribution >= 0.6 is 46.4 Å². The molecule has 206 valence electrons. The summed E-state index contributed by atoms with van der Waals surface area (Å²) in [5.74, 6) is -12.1. The fourth-order valence-corrected chi connectivity index (χ4v) is 5.88. The van der Waals surface area contributed by atoms with Crippen molar-refractivity contribution in [3.05, 3.63) is 31.2 Å². The lowest BCUT2D eigenvalue weighted by atomic mass is 9.79. The molecule has 1 aromatic carbocycles. The second-order valence-electron chi connectivity index (χ2n) is 9.09. The fraction of sp³-hybridized carbons (Fsp3) is 0.500. The molecule has 2 N–H and O–H groups in total. The molecule has 2 aliphatic rings. The number of esters is 4. The summed E-state index contributed by atoms with van der Waals surface area (Å²) in [6.07, 6.45) is 2.97. The Kier molecular flexibility index (Phi) is 10.0. The third kappa shape index (κ3) is 6.25. The smallest absolute Gasteiger partial charge is 0.348 e. The summed E-state index contributed by atoms with van der Waals surface area (Å²) < 4.78 is 9.78. The molecule has 2 saturated carbocycles. The number of carbonyl (C=O) groups is 6. The average Bonchev–Trinajstić information content (AvgIpc) is 2.88. The van der Waals surface area contributed by atoms with Gasteiger partial charge >= 0.3 is 35.8 Å². The van der Waals surface area contributed by atoms with Gasteiger partial charge in [-0.1, -0.05) is 72.1 Å². The molecular weight excluding hydrogens is 590 g/mol. The molecule has 3 rings (SSSR count). The highest BCUT2D eigenvalue weighted by atomic mass is 35.5. The van der Waals surface area contributed by atoms with Gasteiger partial charge < -0.3 is 19.7 Å². The van der Waals surface area contributed by atoms with E-state index in [-0.39, 0.29) is 25.7 Å². The highest BCUT2D eigenvalue weighted by molar-refractivity contribution is 6.54. The second-order valence-corrected chi connectivity index (χ2v) is 10.6. The lowest BCUT2D eigenvalue weighted by molar-refractivity contribution is -0.156. The van der Waals surface area contributed by atoms with Crippen molar-refractivity contribution >= 4 is 82.2 Å². The van der Waals surface area contributed by atoms with Crippen molar-refractivity contribution in [1.29, 1.82) is 0 Å². The Morgan fingerprint density at radius 2 is 0.816 bits per heavy atom. The molecule has 0 amide bonds. The Morgan fingerprint density at radius 1 is 0.526 bits per heavy atom. The van der Waals surface area contributed by atoms with Crippen molar-refractivity contribution in [2.45, 2.75) is 51.4 Å². The van der Waals surface area contributed by atoms with Gasteiger partial charge in [-0.2, -0.15) is 0 Å². The number of hydrogen-bond donors (Lipinski definition) is 2. The van der Waals surface area contributed by atoms with Gasteiger partial charge in [0.1, 0.15) is 0 Å². The second kappa shape index (κ2) is 12.6. The molecule has 0 aromatic heterocycles. The number of hydrogen-bond acceptors (Lipinski definition) is 8. The zero-order valence-electron chi connectivity index (χ0n) is 19.6. The first-order valence-corrected chi connectivity index (χ1v) is 13.2. The van der Waals surface area contributed by atoms with E-state index in [9.17, 15) is 39.0 Å². The van der Waals surface area contributed by atoms with E-state index >= 15 is 0 Å². The van der Waals surface area contributed by atoms with Gasteiger partial charge in [0.25, 0.3) is 0 Å². The largest absolute Gasteiger partial charge is 0.481 e. The maximum Gasteiger partial charge on any atom is 0.348 e. The molecule has 2 fully saturated rings. The van der Waals surface area contributed by atoms with Crippen LogP contribution in [0.1, 0.15) is 72.1 Å². The van der Waals surface area contributed by atoms with Crippen LogP contribution in [-0.4, -0.2) is 46.0 Å². The van der Waals surface area contributed by atoms with Crippen molar-refractivity contribution in [3.8, 4) is 0 Å². The van der Waals surface area contributed by atoms with Crippen LogP contribution in [0.5, 0.6) is 0 Å². The van der Waals surface area contributed by atoms with Gasteiger partial charge in [-0.15, -0.1) is 0 Å². The lowest BCUT2D eigenvalue weighted by Gasteiger charge is -2.27. The molecule has 0 saturated heterocycles. The number of benzene rings is 1. The summed E-state index contributed by atoms with van der Waals surface area (Å²) in [5.41, 5.74) is -1.64. The lowest BCUT2D eigenvalue weighted by Crippen LogP contribution is -2.35. The Bertz CT molecular complexity index is 1110. The number of aliphatic carboxylic acids is 2. The molecule has 14 heteroatoms. The standard InChI is InChI=1S/C24H22Cl4O10/c25-15-13(23(35)37-21(33)11-7-3-1-5-9(11)19(29)30)14(16(26)18(28)17(15)27)24(36)38-22(34)12-8-4-2-6-10(12)20(31)32/h9-12H,1-8H2,(H,29,30)(H,31,32).